The summed E-state index contributed by atoms with van der Waals surface area (Å²) in [6.45, 7) is 5.98. The van der Waals surface area contributed by atoms with Crippen molar-refractivity contribution in [1.82, 2.24) is 0 Å². The van der Waals surface area contributed by atoms with Crippen molar-refractivity contribution in [2.75, 3.05) is 0 Å². The predicted molar refractivity (Wildman–Crippen MR) is 39.9 cm³/mol. The average molecular weight is 250 g/mol. The van der Waals surface area contributed by atoms with Gasteiger partial charge in [0.2, 0.25) is 0 Å². The van der Waals surface area contributed by atoms with Crippen LogP contribution in [0.2, 0.25) is 0 Å². The van der Waals surface area contributed by atoms with E-state index in [0.717, 1.165) is 6.42 Å². The third-order valence-corrected chi connectivity index (χ3v) is 1.10. The number of halogens is 1. The summed E-state index contributed by atoms with van der Waals surface area (Å²) >= 11 is 0. The molecule has 0 aliphatic heterocycles. The fraction of sp³-hybridized carbons (Fsp3) is 0.857. The molecule has 52 valence electrons. The molecule has 0 bridgehead atoms. The van der Waals surface area contributed by atoms with Gasteiger partial charge < -0.3 is 30.9 Å². The van der Waals surface area contributed by atoms with Gasteiger partial charge in [0.25, 0.3) is 0 Å². The Bertz CT molecular complexity index is 28.1. The Morgan fingerprint density at radius 3 is 2.00 bits per heavy atom. The molecule has 0 saturated carbocycles. The standard InChI is InChI=1S/C7H15.HI.Mg/c1-3-5-7-6-4-2;;/h1,3-7H2,2H3;1H;/q-1;;+2/p-1. The summed E-state index contributed by atoms with van der Waals surface area (Å²) in [5.74, 6) is 0. The van der Waals surface area contributed by atoms with Crippen LogP contribution in [0.4, 0.5) is 0 Å². The van der Waals surface area contributed by atoms with Crippen molar-refractivity contribution in [2.45, 2.75) is 39.0 Å². The molecule has 0 aliphatic rings. The fourth-order valence-corrected chi connectivity index (χ4v) is 0.604. The van der Waals surface area contributed by atoms with Crippen molar-refractivity contribution in [3.63, 3.8) is 0 Å². The van der Waals surface area contributed by atoms with Crippen LogP contribution >= 0.6 is 0 Å². The Hall–Kier alpha value is 1.50. The van der Waals surface area contributed by atoms with Crippen LogP contribution < -0.4 is 24.0 Å². The van der Waals surface area contributed by atoms with Crippen LogP contribution in [-0.2, 0) is 0 Å². The van der Waals surface area contributed by atoms with E-state index in [1.54, 1.807) is 0 Å². The first kappa shape index (κ1) is 16.8. The summed E-state index contributed by atoms with van der Waals surface area (Å²) in [6, 6.07) is 0. The molecule has 0 aromatic rings. The summed E-state index contributed by atoms with van der Waals surface area (Å²) in [7, 11) is 0. The second-order valence-corrected chi connectivity index (χ2v) is 1.91. The third kappa shape index (κ3) is 17.7. The Morgan fingerprint density at radius 2 is 1.67 bits per heavy atom. The molecular formula is C7H15IMg. The molecule has 0 atom stereocenters. The maximum atomic E-state index is 3.76. The summed E-state index contributed by atoms with van der Waals surface area (Å²) in [4.78, 5) is 0. The van der Waals surface area contributed by atoms with Crippen molar-refractivity contribution in [3.8, 4) is 0 Å². The van der Waals surface area contributed by atoms with Gasteiger partial charge in [0.15, 0.2) is 0 Å². The quantitative estimate of drug-likeness (QED) is 0.271. The average Bonchev–Trinajstić information content (AvgIpc) is 1.69. The Kier molecular flexibility index (Phi) is 30.4. The molecule has 0 radical (unpaired) electrons. The zero-order valence-corrected chi connectivity index (χ0v) is 9.90. The van der Waals surface area contributed by atoms with E-state index < -0.39 is 0 Å². The zero-order valence-electron chi connectivity index (χ0n) is 6.33. The van der Waals surface area contributed by atoms with Gasteiger partial charge in [0, 0.05) is 0 Å². The number of hydrogen-bond acceptors (Lipinski definition) is 0. The Balaban J connectivity index is -0.000000180. The summed E-state index contributed by atoms with van der Waals surface area (Å²) in [5.41, 5.74) is 0. The first-order valence-electron chi connectivity index (χ1n) is 3.21. The van der Waals surface area contributed by atoms with Gasteiger partial charge in [-0.3, -0.25) is 0 Å². The van der Waals surface area contributed by atoms with Crippen LogP contribution in [0, 0.1) is 6.92 Å². The van der Waals surface area contributed by atoms with E-state index in [-0.39, 0.29) is 47.0 Å². The van der Waals surface area contributed by atoms with E-state index in [2.05, 4.69) is 13.8 Å². The van der Waals surface area contributed by atoms with Crippen LogP contribution in [0.3, 0.4) is 0 Å². The predicted octanol–water partition coefficient (Wildman–Crippen LogP) is -0.586. The summed E-state index contributed by atoms with van der Waals surface area (Å²) < 4.78 is 0. The first-order valence-corrected chi connectivity index (χ1v) is 3.21. The molecule has 0 spiro atoms. The van der Waals surface area contributed by atoms with Crippen LogP contribution in [0.25, 0.3) is 0 Å². The third-order valence-electron chi connectivity index (χ3n) is 1.10. The minimum absolute atomic E-state index is 0. The van der Waals surface area contributed by atoms with Gasteiger partial charge >= 0.3 is 23.1 Å². The molecule has 9 heavy (non-hydrogen) atoms. The molecule has 0 amide bonds. The van der Waals surface area contributed by atoms with Crippen molar-refractivity contribution < 1.29 is 24.0 Å². The molecule has 0 saturated heterocycles. The molecule has 0 aromatic heterocycles. The second-order valence-electron chi connectivity index (χ2n) is 1.91. The van der Waals surface area contributed by atoms with E-state index in [1.807, 2.05) is 0 Å². The van der Waals surface area contributed by atoms with Gasteiger partial charge in [-0.25, -0.2) is 0 Å². The molecule has 0 aromatic carbocycles. The van der Waals surface area contributed by atoms with Gasteiger partial charge in [-0.2, -0.15) is 6.42 Å². The van der Waals surface area contributed by atoms with Crippen molar-refractivity contribution in [3.05, 3.63) is 6.92 Å². The number of unbranched alkanes of at least 4 members (excludes halogenated alkanes) is 4. The molecule has 0 unspecified atom stereocenters. The molecule has 0 nitrogen and oxygen atoms in total. The molecular weight excluding hydrogens is 235 g/mol. The maximum Gasteiger partial charge on any atom is 2.00 e. The molecule has 0 fully saturated rings. The smallest absolute Gasteiger partial charge is 1.00 e. The minimum atomic E-state index is 0. The van der Waals surface area contributed by atoms with Crippen molar-refractivity contribution in [2.24, 2.45) is 0 Å². The van der Waals surface area contributed by atoms with Gasteiger partial charge in [0.05, 0.1) is 0 Å². The number of hydrogen-bond donors (Lipinski definition) is 0. The fourth-order valence-electron chi connectivity index (χ4n) is 0.604. The van der Waals surface area contributed by atoms with Gasteiger partial charge in [-0.05, 0) is 0 Å². The zero-order chi connectivity index (χ0) is 5.54. The Labute approximate surface area is 92.3 Å². The molecule has 0 rings (SSSR count). The van der Waals surface area contributed by atoms with Crippen LogP contribution in [0.15, 0.2) is 0 Å². The monoisotopic (exact) mass is 250 g/mol. The van der Waals surface area contributed by atoms with E-state index in [0.29, 0.717) is 0 Å². The molecule has 0 N–H and O–H groups in total. The van der Waals surface area contributed by atoms with Gasteiger partial charge in [-0.1, -0.05) is 32.6 Å². The number of rotatable bonds is 4. The van der Waals surface area contributed by atoms with Crippen LogP contribution in [0.5, 0.6) is 0 Å². The van der Waals surface area contributed by atoms with E-state index in [4.69, 9.17) is 0 Å². The van der Waals surface area contributed by atoms with Crippen molar-refractivity contribution in [1.29, 1.82) is 0 Å². The largest absolute Gasteiger partial charge is 2.00 e. The van der Waals surface area contributed by atoms with Crippen molar-refractivity contribution >= 4 is 23.1 Å². The van der Waals surface area contributed by atoms with Gasteiger partial charge in [0.1, 0.15) is 0 Å². The van der Waals surface area contributed by atoms with E-state index in [9.17, 15) is 0 Å². The first-order chi connectivity index (χ1) is 3.41. The molecule has 0 heterocycles. The SMILES string of the molecule is [CH2-]CCCCCC.[I-].[Mg+2]. The van der Waals surface area contributed by atoms with Crippen LogP contribution in [0.1, 0.15) is 39.0 Å². The molecule has 0 aliphatic carbocycles. The maximum absolute atomic E-state index is 3.76. The summed E-state index contributed by atoms with van der Waals surface area (Å²) in [5, 5.41) is 0. The Morgan fingerprint density at radius 1 is 1.11 bits per heavy atom. The molecule has 2 heteroatoms. The normalized spacial score (nSPS) is 7.33. The second kappa shape index (κ2) is 16.2. The van der Waals surface area contributed by atoms with Gasteiger partial charge in [-0.15, -0.1) is 0 Å². The van der Waals surface area contributed by atoms with Crippen LogP contribution in [-0.4, -0.2) is 23.1 Å². The van der Waals surface area contributed by atoms with E-state index >= 15 is 0 Å². The minimum Gasteiger partial charge on any atom is -1.00 e. The summed E-state index contributed by atoms with van der Waals surface area (Å²) in [6.07, 6.45) is 6.52. The topological polar surface area (TPSA) is 0 Å². The van der Waals surface area contributed by atoms with E-state index in [1.165, 1.54) is 25.7 Å².